The molecule has 1 aliphatic rings. The predicted molar refractivity (Wildman–Crippen MR) is 73.1 cm³/mol. The third-order valence-corrected chi connectivity index (χ3v) is 3.55. The molecule has 1 fully saturated rings. The van der Waals surface area contributed by atoms with Crippen molar-refractivity contribution >= 4 is 12.0 Å². The van der Waals surface area contributed by atoms with Crippen LogP contribution in [0.15, 0.2) is 0 Å². The number of carbonyl (C=O) groups excluding carboxylic acids is 1. The molecule has 6 nitrogen and oxygen atoms in total. The summed E-state index contributed by atoms with van der Waals surface area (Å²) in [5, 5.41) is 14.6. The lowest BCUT2D eigenvalue weighted by Crippen LogP contribution is -2.48. The van der Waals surface area contributed by atoms with Crippen LogP contribution in [0.1, 0.15) is 32.6 Å². The van der Waals surface area contributed by atoms with E-state index in [1.807, 2.05) is 6.92 Å². The van der Waals surface area contributed by atoms with E-state index in [2.05, 4.69) is 22.6 Å². The topological polar surface area (TPSA) is 81.7 Å². The number of carboxylic acid groups (broad SMARTS) is 1. The molecule has 1 unspecified atom stereocenters. The lowest BCUT2D eigenvalue weighted by molar-refractivity contribution is -0.141. The van der Waals surface area contributed by atoms with Gasteiger partial charge in [-0.05, 0) is 39.4 Å². The summed E-state index contributed by atoms with van der Waals surface area (Å²) in [6.45, 7) is 4.10. The van der Waals surface area contributed by atoms with Gasteiger partial charge in [0.25, 0.3) is 0 Å². The molecular weight excluding hydrogens is 246 g/mol. The predicted octanol–water partition coefficient (Wildman–Crippen LogP) is 0.881. The third-order valence-electron chi connectivity index (χ3n) is 3.55. The minimum absolute atomic E-state index is 0.196. The Hall–Kier alpha value is -1.30. The SMILES string of the molecule is CCCC(CNC(=O)NC1CCN(C)CC1)C(=O)O. The maximum absolute atomic E-state index is 11.7. The van der Waals surface area contributed by atoms with Crippen molar-refractivity contribution in [2.75, 3.05) is 26.7 Å². The maximum atomic E-state index is 11.7. The molecule has 0 saturated carbocycles. The number of piperidine rings is 1. The van der Waals surface area contributed by atoms with Gasteiger partial charge in [-0.3, -0.25) is 4.79 Å². The van der Waals surface area contributed by atoms with Gasteiger partial charge >= 0.3 is 12.0 Å². The molecule has 0 aromatic carbocycles. The van der Waals surface area contributed by atoms with E-state index in [1.54, 1.807) is 0 Å². The van der Waals surface area contributed by atoms with E-state index < -0.39 is 11.9 Å². The molecule has 1 aliphatic heterocycles. The summed E-state index contributed by atoms with van der Waals surface area (Å²) >= 11 is 0. The van der Waals surface area contributed by atoms with Crippen molar-refractivity contribution in [3.8, 4) is 0 Å². The molecule has 1 heterocycles. The van der Waals surface area contributed by atoms with Crippen molar-refractivity contribution in [3.05, 3.63) is 0 Å². The number of aliphatic carboxylic acids is 1. The first-order chi connectivity index (χ1) is 9.02. The van der Waals surface area contributed by atoms with Gasteiger partial charge in [-0.15, -0.1) is 0 Å². The van der Waals surface area contributed by atoms with Gasteiger partial charge in [-0.2, -0.15) is 0 Å². The number of hydrogen-bond acceptors (Lipinski definition) is 3. The molecule has 2 amide bonds. The lowest BCUT2D eigenvalue weighted by Gasteiger charge is -2.29. The Morgan fingerprint density at radius 2 is 2.00 bits per heavy atom. The first-order valence-corrected chi connectivity index (χ1v) is 6.98. The molecule has 1 rings (SSSR count). The molecule has 6 heteroatoms. The van der Waals surface area contributed by atoms with Gasteiger partial charge in [0.05, 0.1) is 5.92 Å². The molecule has 0 aliphatic carbocycles. The van der Waals surface area contributed by atoms with Crippen molar-refractivity contribution < 1.29 is 14.7 Å². The lowest BCUT2D eigenvalue weighted by atomic mass is 10.0. The molecule has 1 atom stereocenters. The van der Waals surface area contributed by atoms with Crippen LogP contribution in [-0.4, -0.2) is 54.7 Å². The van der Waals surface area contributed by atoms with E-state index in [9.17, 15) is 9.59 Å². The molecule has 1 saturated heterocycles. The minimum Gasteiger partial charge on any atom is -0.481 e. The van der Waals surface area contributed by atoms with Crippen LogP contribution in [0.2, 0.25) is 0 Å². The zero-order valence-electron chi connectivity index (χ0n) is 11.8. The van der Waals surface area contributed by atoms with E-state index >= 15 is 0 Å². The Balaban J connectivity index is 2.25. The molecule has 0 aromatic heterocycles. The quantitative estimate of drug-likeness (QED) is 0.670. The first-order valence-electron chi connectivity index (χ1n) is 6.98. The highest BCUT2D eigenvalue weighted by Crippen LogP contribution is 2.08. The summed E-state index contributed by atoms with van der Waals surface area (Å²) in [4.78, 5) is 24.9. The third kappa shape index (κ3) is 5.92. The molecule has 110 valence electrons. The molecule has 0 aromatic rings. The van der Waals surface area contributed by atoms with Crippen LogP contribution in [0.25, 0.3) is 0 Å². The largest absolute Gasteiger partial charge is 0.481 e. The number of nitrogens with zero attached hydrogens (tertiary/aromatic N) is 1. The fourth-order valence-corrected chi connectivity index (χ4v) is 2.27. The molecule has 0 radical (unpaired) electrons. The van der Waals surface area contributed by atoms with Crippen LogP contribution >= 0.6 is 0 Å². The van der Waals surface area contributed by atoms with Crippen molar-refractivity contribution in [2.45, 2.75) is 38.6 Å². The van der Waals surface area contributed by atoms with Crippen LogP contribution < -0.4 is 10.6 Å². The highest BCUT2D eigenvalue weighted by Gasteiger charge is 2.20. The normalized spacial score (nSPS) is 18.8. The summed E-state index contributed by atoms with van der Waals surface area (Å²) in [5.41, 5.74) is 0. The smallest absolute Gasteiger partial charge is 0.315 e. The van der Waals surface area contributed by atoms with Gasteiger partial charge in [0.1, 0.15) is 0 Å². The van der Waals surface area contributed by atoms with Gasteiger partial charge in [0, 0.05) is 12.6 Å². The van der Waals surface area contributed by atoms with E-state index in [0.29, 0.717) is 6.42 Å². The highest BCUT2D eigenvalue weighted by atomic mass is 16.4. The van der Waals surface area contributed by atoms with Crippen molar-refractivity contribution in [2.24, 2.45) is 5.92 Å². The molecule has 0 bridgehead atoms. The number of urea groups is 1. The van der Waals surface area contributed by atoms with E-state index in [-0.39, 0.29) is 18.6 Å². The van der Waals surface area contributed by atoms with Crippen molar-refractivity contribution in [3.63, 3.8) is 0 Å². The summed E-state index contributed by atoms with van der Waals surface area (Å²) < 4.78 is 0. The number of hydrogen-bond donors (Lipinski definition) is 3. The number of carboxylic acids is 1. The van der Waals surface area contributed by atoms with Gasteiger partial charge in [0.15, 0.2) is 0 Å². The van der Waals surface area contributed by atoms with Crippen LogP contribution in [-0.2, 0) is 4.79 Å². The summed E-state index contributed by atoms with van der Waals surface area (Å²) in [7, 11) is 2.07. The maximum Gasteiger partial charge on any atom is 0.315 e. The number of rotatable bonds is 6. The number of amides is 2. The Labute approximate surface area is 114 Å². The van der Waals surface area contributed by atoms with Crippen molar-refractivity contribution in [1.82, 2.24) is 15.5 Å². The van der Waals surface area contributed by atoms with Gasteiger partial charge < -0.3 is 20.6 Å². The fourth-order valence-electron chi connectivity index (χ4n) is 2.27. The van der Waals surface area contributed by atoms with Crippen molar-refractivity contribution in [1.29, 1.82) is 0 Å². The average molecular weight is 271 g/mol. The van der Waals surface area contributed by atoms with E-state index in [0.717, 1.165) is 32.4 Å². The van der Waals surface area contributed by atoms with Crippen LogP contribution in [0.3, 0.4) is 0 Å². The van der Waals surface area contributed by atoms with Crippen LogP contribution in [0.4, 0.5) is 4.79 Å². The fraction of sp³-hybridized carbons (Fsp3) is 0.846. The number of nitrogens with one attached hydrogen (secondary N) is 2. The Morgan fingerprint density at radius 3 is 2.53 bits per heavy atom. The van der Waals surface area contributed by atoms with Gasteiger partial charge in [-0.25, -0.2) is 4.79 Å². The number of carbonyl (C=O) groups is 2. The van der Waals surface area contributed by atoms with Crippen LogP contribution in [0.5, 0.6) is 0 Å². The molecular formula is C13H25N3O3. The first kappa shape index (κ1) is 15.8. The van der Waals surface area contributed by atoms with E-state index in [4.69, 9.17) is 5.11 Å². The number of likely N-dealkylation sites (tertiary alicyclic amines) is 1. The summed E-state index contributed by atoms with van der Waals surface area (Å²) in [5.74, 6) is -1.34. The Kier molecular flexibility index (Phi) is 6.62. The monoisotopic (exact) mass is 271 g/mol. The zero-order valence-corrected chi connectivity index (χ0v) is 11.8. The highest BCUT2D eigenvalue weighted by molar-refractivity contribution is 5.76. The molecule has 0 spiro atoms. The minimum atomic E-state index is -0.846. The van der Waals surface area contributed by atoms with Crippen LogP contribution in [0, 0.1) is 5.92 Å². The second kappa shape index (κ2) is 7.99. The summed E-state index contributed by atoms with van der Waals surface area (Å²) in [6.07, 6.45) is 3.28. The van der Waals surface area contributed by atoms with Gasteiger partial charge in [-0.1, -0.05) is 13.3 Å². The second-order valence-corrected chi connectivity index (χ2v) is 5.26. The summed E-state index contributed by atoms with van der Waals surface area (Å²) in [6, 6.07) is -0.0532. The standard InChI is InChI=1S/C13H25N3O3/c1-3-4-10(12(17)18)9-14-13(19)15-11-5-7-16(2)8-6-11/h10-11H,3-9H2,1-2H3,(H,17,18)(H2,14,15,19). The zero-order chi connectivity index (χ0) is 14.3. The second-order valence-electron chi connectivity index (χ2n) is 5.26. The average Bonchev–Trinajstić information content (AvgIpc) is 2.37. The Bertz CT molecular complexity index is 302. The molecule has 19 heavy (non-hydrogen) atoms. The Morgan fingerprint density at radius 1 is 1.37 bits per heavy atom. The van der Waals surface area contributed by atoms with E-state index in [1.165, 1.54) is 0 Å². The van der Waals surface area contributed by atoms with Gasteiger partial charge in [0.2, 0.25) is 0 Å². The molecule has 3 N–H and O–H groups in total.